The van der Waals surface area contributed by atoms with E-state index in [2.05, 4.69) is 24.4 Å². The molecule has 2 aliphatic heterocycles. The van der Waals surface area contributed by atoms with Crippen molar-refractivity contribution in [3.05, 3.63) is 23.8 Å². The maximum Gasteiger partial charge on any atom is 0.410 e. The molecule has 0 N–H and O–H groups in total. The van der Waals surface area contributed by atoms with Gasteiger partial charge in [-0.3, -0.25) is 9.69 Å². The van der Waals surface area contributed by atoms with Crippen LogP contribution >= 0.6 is 0 Å². The van der Waals surface area contributed by atoms with Crippen LogP contribution in [0.25, 0.3) is 0 Å². The molecule has 1 aromatic rings. The van der Waals surface area contributed by atoms with Crippen LogP contribution in [-0.2, 0) is 19.7 Å². The highest BCUT2D eigenvalue weighted by molar-refractivity contribution is 6.76. The number of piperidine rings is 1. The molecule has 2 aliphatic rings. The van der Waals surface area contributed by atoms with Gasteiger partial charge in [0.05, 0.1) is 11.1 Å². The minimum atomic E-state index is -2.96. The van der Waals surface area contributed by atoms with Crippen molar-refractivity contribution >= 4 is 25.8 Å². The molecule has 190 valence electrons. The van der Waals surface area contributed by atoms with E-state index in [4.69, 9.17) is 9.47 Å². The van der Waals surface area contributed by atoms with E-state index in [1.165, 1.54) is 12.1 Å². The lowest BCUT2D eigenvalue weighted by atomic mass is 9.73. The first-order valence-corrected chi connectivity index (χ1v) is 15.4. The molecule has 1 aromatic carbocycles. The minimum absolute atomic E-state index is 0.0111. The maximum absolute atomic E-state index is 13.7. The quantitative estimate of drug-likeness (QED) is 0.381. The predicted octanol–water partition coefficient (Wildman–Crippen LogP) is 5.22. The van der Waals surface area contributed by atoms with Gasteiger partial charge in [0.1, 0.15) is 18.1 Å². The van der Waals surface area contributed by atoms with Crippen LogP contribution in [0.3, 0.4) is 0 Å². The van der Waals surface area contributed by atoms with Gasteiger partial charge in [-0.1, -0.05) is 19.6 Å². The van der Waals surface area contributed by atoms with Crippen molar-refractivity contribution in [2.75, 3.05) is 31.3 Å². The highest BCUT2D eigenvalue weighted by atomic mass is 28.3. The number of halogens is 2. The van der Waals surface area contributed by atoms with Crippen LogP contribution in [0.4, 0.5) is 19.3 Å². The Labute approximate surface area is 201 Å². The maximum atomic E-state index is 13.7. The fourth-order valence-electron chi connectivity index (χ4n) is 4.34. The number of rotatable bonds is 7. The molecule has 10 heteroatoms. The summed E-state index contributed by atoms with van der Waals surface area (Å²) in [6, 6.07) is 5.59. The first kappa shape index (κ1) is 26.4. The van der Waals surface area contributed by atoms with Crippen LogP contribution in [-0.4, -0.2) is 63.6 Å². The summed E-state index contributed by atoms with van der Waals surface area (Å²) in [5.41, 5.74) is -0.246. The van der Waals surface area contributed by atoms with Gasteiger partial charge in [0.15, 0.2) is 0 Å². The van der Waals surface area contributed by atoms with Crippen LogP contribution in [0.5, 0.6) is 5.75 Å². The lowest BCUT2D eigenvalue weighted by Crippen LogP contribution is -2.51. The van der Waals surface area contributed by atoms with Crippen molar-refractivity contribution in [1.82, 2.24) is 4.90 Å². The molecule has 0 bridgehead atoms. The second kappa shape index (κ2) is 9.81. The molecule has 0 unspecified atom stereocenters. The standard InChI is InChI=1S/C24H36F2N2O5Si/c1-23(2,3)33-22(30)27-11-9-24(10-12-27)18-15-17(32-21(25)26)7-8-19(18)28(20(24)29)16-31-13-14-34(4,5)6/h7-8,15,21H,9-14,16H2,1-6H3. The number of amides is 2. The van der Waals surface area contributed by atoms with Crippen molar-refractivity contribution in [2.45, 2.75) is 76.9 Å². The Morgan fingerprint density at radius 2 is 1.82 bits per heavy atom. The second-order valence-corrected chi connectivity index (χ2v) is 16.8. The number of fused-ring (bicyclic) bond motifs is 2. The molecule has 0 aromatic heterocycles. The van der Waals surface area contributed by atoms with Crippen LogP contribution in [0.15, 0.2) is 18.2 Å². The fraction of sp³-hybridized carbons (Fsp3) is 0.667. The van der Waals surface area contributed by atoms with Crippen LogP contribution < -0.4 is 9.64 Å². The minimum Gasteiger partial charge on any atom is -0.444 e. The summed E-state index contributed by atoms with van der Waals surface area (Å²) >= 11 is 0. The van der Waals surface area contributed by atoms with Crippen molar-refractivity contribution < 1.29 is 32.6 Å². The Morgan fingerprint density at radius 1 is 1.18 bits per heavy atom. The Bertz CT molecular complexity index is 906. The van der Waals surface area contributed by atoms with Gasteiger partial charge in [-0.15, -0.1) is 0 Å². The average Bonchev–Trinajstić information content (AvgIpc) is 2.91. The Hall–Kier alpha value is -2.20. The van der Waals surface area contributed by atoms with E-state index in [0.29, 0.717) is 43.8 Å². The first-order chi connectivity index (χ1) is 15.7. The van der Waals surface area contributed by atoms with Gasteiger partial charge in [-0.05, 0) is 63.4 Å². The molecule has 0 atom stereocenters. The summed E-state index contributed by atoms with van der Waals surface area (Å²) in [4.78, 5) is 29.4. The number of alkyl halides is 2. The lowest BCUT2D eigenvalue weighted by Gasteiger charge is -2.39. The van der Waals surface area contributed by atoms with E-state index in [9.17, 15) is 18.4 Å². The van der Waals surface area contributed by atoms with E-state index < -0.39 is 31.8 Å². The summed E-state index contributed by atoms with van der Waals surface area (Å²) < 4.78 is 41.7. The molecular weight excluding hydrogens is 462 g/mol. The third-order valence-electron chi connectivity index (χ3n) is 6.14. The molecule has 2 heterocycles. The van der Waals surface area contributed by atoms with Gasteiger partial charge in [0, 0.05) is 27.8 Å². The monoisotopic (exact) mass is 498 g/mol. The summed E-state index contributed by atoms with van der Waals surface area (Å²) in [6.45, 7) is 10.5. The summed E-state index contributed by atoms with van der Waals surface area (Å²) in [6.07, 6.45) is 0.304. The molecule has 7 nitrogen and oxygen atoms in total. The molecule has 0 radical (unpaired) electrons. The summed E-state index contributed by atoms with van der Waals surface area (Å²) in [5, 5.41) is 0. The van der Waals surface area contributed by atoms with Crippen molar-refractivity contribution in [3.63, 3.8) is 0 Å². The zero-order valence-electron chi connectivity index (χ0n) is 21.0. The van der Waals surface area contributed by atoms with Gasteiger partial charge in [-0.25, -0.2) is 4.79 Å². The second-order valence-electron chi connectivity index (χ2n) is 11.2. The number of anilines is 1. The van der Waals surface area contributed by atoms with Crippen molar-refractivity contribution in [1.29, 1.82) is 0 Å². The number of ether oxygens (including phenoxy) is 3. The van der Waals surface area contributed by atoms with Gasteiger partial charge < -0.3 is 19.1 Å². The number of nitrogens with zero attached hydrogens (tertiary/aromatic N) is 2. The number of carbonyl (C=O) groups excluding carboxylic acids is 2. The number of hydrogen-bond donors (Lipinski definition) is 0. The number of hydrogen-bond acceptors (Lipinski definition) is 5. The molecule has 34 heavy (non-hydrogen) atoms. The highest BCUT2D eigenvalue weighted by Gasteiger charge is 2.53. The van der Waals surface area contributed by atoms with E-state index in [1.807, 2.05) is 0 Å². The average molecular weight is 499 g/mol. The highest BCUT2D eigenvalue weighted by Crippen LogP contribution is 2.49. The molecule has 0 saturated carbocycles. The molecule has 3 rings (SSSR count). The van der Waals surface area contributed by atoms with Crippen molar-refractivity contribution in [3.8, 4) is 5.75 Å². The molecule has 0 aliphatic carbocycles. The zero-order chi connectivity index (χ0) is 25.3. The number of likely N-dealkylation sites (tertiary alicyclic amines) is 1. The molecule has 1 spiro atoms. The van der Waals surface area contributed by atoms with Gasteiger partial charge in [-0.2, -0.15) is 8.78 Å². The topological polar surface area (TPSA) is 68.3 Å². The molecule has 2 amide bonds. The number of carbonyl (C=O) groups is 2. The lowest BCUT2D eigenvalue weighted by molar-refractivity contribution is -0.126. The largest absolute Gasteiger partial charge is 0.444 e. The predicted molar refractivity (Wildman–Crippen MR) is 128 cm³/mol. The number of benzene rings is 1. The van der Waals surface area contributed by atoms with E-state index >= 15 is 0 Å². The van der Waals surface area contributed by atoms with E-state index in [-0.39, 0.29) is 18.4 Å². The first-order valence-electron chi connectivity index (χ1n) is 11.7. The van der Waals surface area contributed by atoms with E-state index in [1.54, 1.807) is 36.6 Å². The van der Waals surface area contributed by atoms with Gasteiger partial charge in [0.2, 0.25) is 5.91 Å². The normalized spacial score (nSPS) is 18.0. The van der Waals surface area contributed by atoms with Crippen LogP contribution in [0.2, 0.25) is 25.7 Å². The third kappa shape index (κ3) is 6.07. The van der Waals surface area contributed by atoms with Crippen LogP contribution in [0, 0.1) is 0 Å². The van der Waals surface area contributed by atoms with Crippen molar-refractivity contribution in [2.24, 2.45) is 0 Å². The Balaban J connectivity index is 1.82. The summed E-state index contributed by atoms with van der Waals surface area (Å²) in [7, 11) is -1.29. The van der Waals surface area contributed by atoms with E-state index in [0.717, 1.165) is 6.04 Å². The molecule has 1 fully saturated rings. The summed E-state index contributed by atoms with van der Waals surface area (Å²) in [5.74, 6) is -0.120. The van der Waals surface area contributed by atoms with Gasteiger partial charge >= 0.3 is 12.7 Å². The SMILES string of the molecule is CC(C)(C)OC(=O)N1CCC2(CC1)C(=O)N(COCC[Si](C)(C)C)c1ccc(OC(F)F)cc12. The fourth-order valence-corrected chi connectivity index (χ4v) is 5.09. The molecule has 1 saturated heterocycles. The zero-order valence-corrected chi connectivity index (χ0v) is 22.0. The third-order valence-corrected chi connectivity index (χ3v) is 7.84. The Morgan fingerprint density at radius 3 is 2.38 bits per heavy atom. The molecular formula is C24H36F2N2O5Si. The van der Waals surface area contributed by atoms with Gasteiger partial charge in [0.25, 0.3) is 0 Å². The Kier molecular flexibility index (Phi) is 7.62. The van der Waals surface area contributed by atoms with Crippen LogP contribution in [0.1, 0.15) is 39.2 Å². The smallest absolute Gasteiger partial charge is 0.410 e.